The second-order valence-electron chi connectivity index (χ2n) is 11.1. The zero-order chi connectivity index (χ0) is 22.8. The summed E-state index contributed by atoms with van der Waals surface area (Å²) in [4.78, 5) is 0. The number of allylic oxidation sites excluding steroid dienone is 3. The lowest BCUT2D eigenvalue weighted by Crippen LogP contribution is -2.36. The number of hydrogen-bond acceptors (Lipinski definition) is 3. The fraction of sp³-hybridized carbons (Fsp3) is 0.714. The van der Waals surface area contributed by atoms with Crippen molar-refractivity contribution in [3.05, 3.63) is 35.5 Å². The molecule has 172 valence electrons. The van der Waals surface area contributed by atoms with E-state index in [9.17, 15) is 15.3 Å². The Morgan fingerprint density at radius 3 is 2.71 bits per heavy atom. The van der Waals surface area contributed by atoms with Crippen molar-refractivity contribution in [2.45, 2.75) is 90.8 Å². The molecular weight excluding hydrogens is 384 g/mol. The standard InChI is InChI=1S/C28H42O3/c1-19(8-6-14-27(3,4)31)25-12-13-26-21(9-7-15-28(25,26)5)10-11-22-16-24(30)17-23(18-29)20(22)2/h10-11,19,23-26,29-31H,2,7-9,12-13,15-18H2,1,3-5H3/b21-10+,22-11+/t19-,23-,24-,25-,26+,28-/m1/s1. The van der Waals surface area contributed by atoms with E-state index in [0.29, 0.717) is 36.0 Å². The van der Waals surface area contributed by atoms with Crippen LogP contribution in [0.3, 0.4) is 0 Å². The first-order valence-corrected chi connectivity index (χ1v) is 12.1. The van der Waals surface area contributed by atoms with E-state index in [4.69, 9.17) is 0 Å². The van der Waals surface area contributed by atoms with Gasteiger partial charge in [-0.15, -0.1) is 5.92 Å². The zero-order valence-electron chi connectivity index (χ0n) is 20.0. The monoisotopic (exact) mass is 426 g/mol. The van der Waals surface area contributed by atoms with Crippen molar-refractivity contribution in [2.24, 2.45) is 29.1 Å². The molecule has 6 atom stereocenters. The minimum Gasteiger partial charge on any atom is -0.396 e. The maximum atomic E-state index is 10.2. The third-order valence-electron chi connectivity index (χ3n) is 8.18. The van der Waals surface area contributed by atoms with Crippen LogP contribution < -0.4 is 0 Å². The average molecular weight is 427 g/mol. The minimum atomic E-state index is -0.915. The Morgan fingerprint density at radius 1 is 1.29 bits per heavy atom. The highest BCUT2D eigenvalue weighted by Gasteiger charge is 2.50. The molecule has 0 aliphatic heterocycles. The molecule has 3 fully saturated rings. The molecule has 3 aliphatic carbocycles. The molecule has 0 aromatic heterocycles. The lowest BCUT2D eigenvalue weighted by molar-refractivity contribution is 0.0990. The molecule has 0 spiro atoms. The lowest BCUT2D eigenvalue weighted by atomic mass is 9.61. The van der Waals surface area contributed by atoms with E-state index in [1.165, 1.54) is 25.7 Å². The molecule has 3 rings (SSSR count). The van der Waals surface area contributed by atoms with E-state index in [2.05, 4.69) is 44.4 Å². The van der Waals surface area contributed by atoms with Crippen LogP contribution in [0.1, 0.15) is 79.1 Å². The highest BCUT2D eigenvalue weighted by atomic mass is 16.3. The highest BCUT2D eigenvalue weighted by Crippen LogP contribution is 2.59. The summed E-state index contributed by atoms with van der Waals surface area (Å²) in [6.45, 7) is 12.6. The Hall–Kier alpha value is -1.34. The van der Waals surface area contributed by atoms with Gasteiger partial charge in [0.1, 0.15) is 5.60 Å². The Balaban J connectivity index is 1.76. The van der Waals surface area contributed by atoms with Crippen molar-refractivity contribution >= 4 is 0 Å². The van der Waals surface area contributed by atoms with E-state index in [-0.39, 0.29) is 18.6 Å². The van der Waals surface area contributed by atoms with Crippen LogP contribution in [0, 0.1) is 40.9 Å². The number of rotatable bonds is 4. The third kappa shape index (κ3) is 5.54. The second kappa shape index (κ2) is 9.65. The molecule has 3 saturated carbocycles. The normalized spacial score (nSPS) is 37.5. The summed E-state index contributed by atoms with van der Waals surface area (Å²) < 4.78 is 0. The van der Waals surface area contributed by atoms with Gasteiger partial charge in [0.25, 0.3) is 0 Å². The Morgan fingerprint density at radius 2 is 2.03 bits per heavy atom. The van der Waals surface area contributed by atoms with Crippen LogP contribution in [-0.4, -0.2) is 33.6 Å². The van der Waals surface area contributed by atoms with Gasteiger partial charge in [-0.2, -0.15) is 0 Å². The van der Waals surface area contributed by atoms with Crippen molar-refractivity contribution in [1.82, 2.24) is 0 Å². The smallest absolute Gasteiger partial charge is 0.119 e. The van der Waals surface area contributed by atoms with Crippen LogP contribution >= 0.6 is 0 Å². The number of hydrogen-bond donors (Lipinski definition) is 3. The van der Waals surface area contributed by atoms with Gasteiger partial charge in [-0.3, -0.25) is 0 Å². The van der Waals surface area contributed by atoms with Crippen molar-refractivity contribution in [1.29, 1.82) is 0 Å². The predicted molar refractivity (Wildman–Crippen MR) is 127 cm³/mol. The van der Waals surface area contributed by atoms with Gasteiger partial charge in [0.2, 0.25) is 0 Å². The summed E-state index contributed by atoms with van der Waals surface area (Å²) in [6, 6.07) is 0. The number of aliphatic hydroxyl groups is 3. The topological polar surface area (TPSA) is 60.7 Å². The van der Waals surface area contributed by atoms with E-state index < -0.39 is 5.60 Å². The fourth-order valence-electron chi connectivity index (χ4n) is 6.55. The van der Waals surface area contributed by atoms with Crippen LogP contribution in [0.5, 0.6) is 0 Å². The minimum absolute atomic E-state index is 0.0215. The molecule has 3 aliphatic rings. The SMILES string of the molecule is C=C1/C(=C/C=C2\CCC[C@]3(C)[C@@H]([C@H](C)CC#CC(C)(C)O)CC[C@@H]23)C[C@@H](O)C[C@@H]1CO. The fourth-order valence-corrected chi connectivity index (χ4v) is 6.55. The lowest BCUT2D eigenvalue weighted by Gasteiger charge is -2.44. The van der Waals surface area contributed by atoms with Crippen molar-refractivity contribution in [3.63, 3.8) is 0 Å². The molecule has 0 amide bonds. The quantitative estimate of drug-likeness (QED) is 0.543. The first kappa shape index (κ1) is 24.3. The Labute approximate surface area is 189 Å². The van der Waals surface area contributed by atoms with Gasteiger partial charge in [0, 0.05) is 12.3 Å². The molecular formula is C28H42O3. The van der Waals surface area contributed by atoms with Crippen LogP contribution in [0.4, 0.5) is 0 Å². The van der Waals surface area contributed by atoms with Crippen LogP contribution in [0.25, 0.3) is 0 Å². The molecule has 0 heterocycles. The van der Waals surface area contributed by atoms with E-state index in [0.717, 1.165) is 24.0 Å². The molecule has 3 heteroatoms. The van der Waals surface area contributed by atoms with E-state index in [1.54, 1.807) is 19.4 Å². The first-order valence-electron chi connectivity index (χ1n) is 12.1. The van der Waals surface area contributed by atoms with Gasteiger partial charge in [-0.25, -0.2) is 0 Å². The van der Waals surface area contributed by atoms with Crippen LogP contribution in [-0.2, 0) is 0 Å². The number of aliphatic hydroxyl groups excluding tert-OH is 2. The molecule has 3 N–H and O–H groups in total. The summed E-state index contributed by atoms with van der Waals surface area (Å²) in [5.74, 6) is 8.00. The third-order valence-corrected chi connectivity index (χ3v) is 8.18. The summed E-state index contributed by atoms with van der Waals surface area (Å²) in [5, 5.41) is 29.7. The summed E-state index contributed by atoms with van der Waals surface area (Å²) in [6.07, 6.45) is 12.4. The molecule has 0 unspecified atom stereocenters. The van der Waals surface area contributed by atoms with Gasteiger partial charge in [-0.1, -0.05) is 44.1 Å². The number of fused-ring (bicyclic) bond motifs is 1. The predicted octanol–water partition coefficient (Wildman–Crippen LogP) is 5.18. The largest absolute Gasteiger partial charge is 0.396 e. The first-order chi connectivity index (χ1) is 14.5. The van der Waals surface area contributed by atoms with Crippen molar-refractivity contribution < 1.29 is 15.3 Å². The molecule has 31 heavy (non-hydrogen) atoms. The highest BCUT2D eigenvalue weighted by molar-refractivity contribution is 5.38. The van der Waals surface area contributed by atoms with Crippen molar-refractivity contribution in [3.8, 4) is 11.8 Å². The van der Waals surface area contributed by atoms with Crippen molar-refractivity contribution in [2.75, 3.05) is 6.61 Å². The Kier molecular flexibility index (Phi) is 7.57. The summed E-state index contributed by atoms with van der Waals surface area (Å²) in [5.41, 5.74) is 3.04. The van der Waals surface area contributed by atoms with Crippen LogP contribution in [0.15, 0.2) is 35.5 Å². The maximum absolute atomic E-state index is 10.2. The van der Waals surface area contributed by atoms with E-state index >= 15 is 0 Å². The second-order valence-corrected chi connectivity index (χ2v) is 11.1. The average Bonchev–Trinajstić information content (AvgIpc) is 3.04. The molecule has 0 aromatic rings. The summed E-state index contributed by atoms with van der Waals surface area (Å²) in [7, 11) is 0. The van der Waals surface area contributed by atoms with Gasteiger partial charge in [0.05, 0.1) is 12.7 Å². The van der Waals surface area contributed by atoms with E-state index in [1.807, 2.05) is 0 Å². The molecule has 0 radical (unpaired) electrons. The molecule has 0 saturated heterocycles. The molecule has 0 bridgehead atoms. The van der Waals surface area contributed by atoms with Gasteiger partial charge in [-0.05, 0) is 93.1 Å². The molecule has 3 nitrogen and oxygen atoms in total. The Bertz CT molecular complexity index is 787. The van der Waals surface area contributed by atoms with Gasteiger partial charge >= 0.3 is 0 Å². The van der Waals surface area contributed by atoms with Crippen LogP contribution in [0.2, 0.25) is 0 Å². The van der Waals surface area contributed by atoms with Gasteiger partial charge < -0.3 is 15.3 Å². The zero-order valence-corrected chi connectivity index (χ0v) is 20.0. The molecule has 0 aromatic carbocycles. The maximum Gasteiger partial charge on any atom is 0.119 e. The van der Waals surface area contributed by atoms with Gasteiger partial charge in [0.15, 0.2) is 0 Å². The summed E-state index contributed by atoms with van der Waals surface area (Å²) >= 11 is 0.